The summed E-state index contributed by atoms with van der Waals surface area (Å²) in [6.07, 6.45) is 1.03. The molecule has 0 unspecified atom stereocenters. The van der Waals surface area contributed by atoms with Gasteiger partial charge in [0.1, 0.15) is 0 Å². The molecular formula is C15H23NO4S2. The van der Waals surface area contributed by atoms with Crippen molar-refractivity contribution in [2.24, 2.45) is 11.8 Å². The van der Waals surface area contributed by atoms with Crippen molar-refractivity contribution in [1.82, 2.24) is 4.31 Å². The summed E-state index contributed by atoms with van der Waals surface area (Å²) in [5.74, 6) is 0.664. The zero-order valence-electron chi connectivity index (χ0n) is 13.2. The van der Waals surface area contributed by atoms with Crippen molar-refractivity contribution in [1.29, 1.82) is 0 Å². The van der Waals surface area contributed by atoms with Crippen molar-refractivity contribution < 1.29 is 16.8 Å². The summed E-state index contributed by atoms with van der Waals surface area (Å²) in [6.45, 7) is 6.70. The first-order valence-electron chi connectivity index (χ1n) is 7.49. The Morgan fingerprint density at radius 3 is 1.86 bits per heavy atom. The average Bonchev–Trinajstić information content (AvgIpc) is 2.46. The summed E-state index contributed by atoms with van der Waals surface area (Å²) in [7, 11) is -6.87. The van der Waals surface area contributed by atoms with Crippen LogP contribution in [0.3, 0.4) is 0 Å². The lowest BCUT2D eigenvalue weighted by Gasteiger charge is -2.34. The minimum atomic E-state index is -3.56. The Morgan fingerprint density at radius 2 is 1.41 bits per heavy atom. The predicted octanol–water partition coefficient (Wildman–Crippen LogP) is 2.15. The number of sulfonamides is 1. The van der Waals surface area contributed by atoms with Gasteiger partial charge in [0, 0.05) is 13.1 Å². The first kappa shape index (κ1) is 17.4. The van der Waals surface area contributed by atoms with Crippen LogP contribution >= 0.6 is 0 Å². The van der Waals surface area contributed by atoms with Crippen molar-refractivity contribution in [3.63, 3.8) is 0 Å². The molecule has 1 heterocycles. The van der Waals surface area contributed by atoms with Gasteiger partial charge >= 0.3 is 0 Å². The Hall–Kier alpha value is -0.920. The molecule has 0 saturated carbocycles. The lowest BCUT2D eigenvalue weighted by atomic mass is 9.94. The minimum absolute atomic E-state index is 0.000249. The van der Waals surface area contributed by atoms with E-state index in [9.17, 15) is 16.8 Å². The van der Waals surface area contributed by atoms with Gasteiger partial charge in [0.25, 0.3) is 0 Å². The maximum absolute atomic E-state index is 12.7. The molecule has 1 aliphatic heterocycles. The summed E-state index contributed by atoms with van der Waals surface area (Å²) in [5.41, 5.74) is 0. The van der Waals surface area contributed by atoms with E-state index in [-0.39, 0.29) is 15.5 Å². The zero-order chi connectivity index (χ0) is 16.5. The van der Waals surface area contributed by atoms with Crippen LogP contribution < -0.4 is 0 Å². The van der Waals surface area contributed by atoms with E-state index in [0.717, 1.165) is 6.42 Å². The van der Waals surface area contributed by atoms with Crippen molar-refractivity contribution in [2.75, 3.05) is 18.8 Å². The van der Waals surface area contributed by atoms with Gasteiger partial charge in [-0.2, -0.15) is 4.31 Å². The lowest BCUT2D eigenvalue weighted by molar-refractivity contribution is 0.222. The van der Waals surface area contributed by atoms with Crippen LogP contribution in [0, 0.1) is 11.8 Å². The molecule has 2 rings (SSSR count). The molecule has 124 valence electrons. The second-order valence-electron chi connectivity index (χ2n) is 6.14. The lowest BCUT2D eigenvalue weighted by Crippen LogP contribution is -2.42. The molecule has 1 saturated heterocycles. The van der Waals surface area contributed by atoms with Gasteiger partial charge in [-0.3, -0.25) is 0 Å². The highest BCUT2D eigenvalue weighted by molar-refractivity contribution is 7.91. The van der Waals surface area contributed by atoms with E-state index in [1.54, 1.807) is 6.92 Å². The summed E-state index contributed by atoms with van der Waals surface area (Å²) in [4.78, 5) is 0.318. The third kappa shape index (κ3) is 3.52. The number of benzene rings is 1. The molecule has 0 radical (unpaired) electrons. The summed E-state index contributed by atoms with van der Waals surface area (Å²) >= 11 is 0. The van der Waals surface area contributed by atoms with Gasteiger partial charge in [-0.1, -0.05) is 20.8 Å². The molecule has 0 aliphatic carbocycles. The SMILES string of the molecule is CCS(=O)(=O)c1ccc(S(=O)(=O)N2C[C@H](C)C[C@H](C)C2)cc1. The number of rotatable bonds is 4. The number of hydrogen-bond acceptors (Lipinski definition) is 4. The Labute approximate surface area is 133 Å². The van der Waals surface area contributed by atoms with Crippen molar-refractivity contribution in [3.8, 4) is 0 Å². The van der Waals surface area contributed by atoms with Crippen LogP contribution in [-0.2, 0) is 19.9 Å². The van der Waals surface area contributed by atoms with E-state index in [4.69, 9.17) is 0 Å². The van der Waals surface area contributed by atoms with Crippen LogP contribution in [0.15, 0.2) is 34.1 Å². The maximum atomic E-state index is 12.7. The standard InChI is InChI=1S/C15H23NO4S2/c1-4-21(17,18)14-5-7-15(8-6-14)22(19,20)16-10-12(2)9-13(3)11-16/h5-8,12-13H,4,9-11H2,1-3H3/t12-,13+. The molecule has 0 spiro atoms. The molecule has 1 aromatic carbocycles. The second kappa shape index (κ2) is 6.29. The van der Waals surface area contributed by atoms with Gasteiger partial charge in [-0.05, 0) is 42.5 Å². The molecule has 0 amide bonds. The smallest absolute Gasteiger partial charge is 0.224 e. The monoisotopic (exact) mass is 345 g/mol. The van der Waals surface area contributed by atoms with E-state index in [0.29, 0.717) is 24.9 Å². The number of piperidine rings is 1. The van der Waals surface area contributed by atoms with Gasteiger partial charge in [0.05, 0.1) is 15.5 Å². The molecule has 7 heteroatoms. The van der Waals surface area contributed by atoms with Crippen LogP contribution in [0.2, 0.25) is 0 Å². The van der Waals surface area contributed by atoms with Gasteiger partial charge < -0.3 is 0 Å². The van der Waals surface area contributed by atoms with Crippen molar-refractivity contribution >= 4 is 19.9 Å². The van der Waals surface area contributed by atoms with Crippen LogP contribution in [0.1, 0.15) is 27.2 Å². The number of sulfone groups is 1. The van der Waals surface area contributed by atoms with Crippen LogP contribution in [-0.4, -0.2) is 40.0 Å². The molecule has 22 heavy (non-hydrogen) atoms. The molecular weight excluding hydrogens is 322 g/mol. The Kier molecular flexibility index (Phi) is 4.99. The molecule has 0 N–H and O–H groups in total. The van der Waals surface area contributed by atoms with Crippen LogP contribution in [0.4, 0.5) is 0 Å². The third-order valence-electron chi connectivity index (χ3n) is 4.04. The Balaban J connectivity index is 2.30. The average molecular weight is 345 g/mol. The first-order chi connectivity index (χ1) is 10.2. The van der Waals surface area contributed by atoms with Crippen LogP contribution in [0.25, 0.3) is 0 Å². The molecule has 1 aromatic rings. The highest BCUT2D eigenvalue weighted by Gasteiger charge is 2.31. The summed E-state index contributed by atoms with van der Waals surface area (Å²) in [6, 6.07) is 5.54. The fraction of sp³-hybridized carbons (Fsp3) is 0.600. The number of nitrogens with zero attached hydrogens (tertiary/aromatic N) is 1. The normalized spacial score (nSPS) is 24.3. The quantitative estimate of drug-likeness (QED) is 0.838. The van der Waals surface area contributed by atoms with Gasteiger partial charge in [-0.15, -0.1) is 0 Å². The highest BCUT2D eigenvalue weighted by atomic mass is 32.2. The third-order valence-corrected chi connectivity index (χ3v) is 7.63. The zero-order valence-corrected chi connectivity index (χ0v) is 14.8. The minimum Gasteiger partial charge on any atom is -0.224 e. The van der Waals surface area contributed by atoms with Crippen molar-refractivity contribution in [2.45, 2.75) is 37.0 Å². The molecule has 5 nitrogen and oxygen atoms in total. The molecule has 1 aliphatic rings. The Bertz CT molecular complexity index is 713. The molecule has 2 atom stereocenters. The van der Waals surface area contributed by atoms with Crippen molar-refractivity contribution in [3.05, 3.63) is 24.3 Å². The van der Waals surface area contributed by atoms with Gasteiger partial charge in [-0.25, -0.2) is 16.8 Å². The molecule has 0 bridgehead atoms. The summed E-state index contributed by atoms with van der Waals surface area (Å²) in [5, 5.41) is 0. The fourth-order valence-corrected chi connectivity index (χ4v) is 5.50. The Morgan fingerprint density at radius 1 is 0.955 bits per heavy atom. The van der Waals surface area contributed by atoms with E-state index in [2.05, 4.69) is 13.8 Å². The maximum Gasteiger partial charge on any atom is 0.243 e. The van der Waals surface area contributed by atoms with E-state index in [1.807, 2.05) is 0 Å². The van der Waals surface area contributed by atoms with Crippen LogP contribution in [0.5, 0.6) is 0 Å². The molecule has 1 fully saturated rings. The predicted molar refractivity (Wildman–Crippen MR) is 85.9 cm³/mol. The number of hydrogen-bond donors (Lipinski definition) is 0. The first-order valence-corrected chi connectivity index (χ1v) is 10.6. The fourth-order valence-electron chi connectivity index (χ4n) is 2.94. The highest BCUT2D eigenvalue weighted by Crippen LogP contribution is 2.27. The molecule has 0 aromatic heterocycles. The largest absolute Gasteiger partial charge is 0.243 e. The van der Waals surface area contributed by atoms with E-state index >= 15 is 0 Å². The van der Waals surface area contributed by atoms with Gasteiger partial charge in [0.2, 0.25) is 10.0 Å². The topological polar surface area (TPSA) is 71.5 Å². The second-order valence-corrected chi connectivity index (χ2v) is 10.4. The van der Waals surface area contributed by atoms with E-state index in [1.165, 1.54) is 28.6 Å². The summed E-state index contributed by atoms with van der Waals surface area (Å²) < 4.78 is 50.5. The van der Waals surface area contributed by atoms with E-state index < -0.39 is 19.9 Å². The van der Waals surface area contributed by atoms with Gasteiger partial charge in [0.15, 0.2) is 9.84 Å².